The molecule has 1 aromatic heterocycles. The van der Waals surface area contributed by atoms with E-state index in [1.54, 1.807) is 0 Å². The molecule has 1 aromatic carbocycles. The third kappa shape index (κ3) is 2.22. The van der Waals surface area contributed by atoms with Crippen LogP contribution in [-0.4, -0.2) is 9.78 Å². The number of rotatable bonds is 2. The highest BCUT2D eigenvalue weighted by Crippen LogP contribution is 2.35. The van der Waals surface area contributed by atoms with E-state index in [1.807, 2.05) is 0 Å². The number of hydrogen-bond acceptors (Lipinski definition) is 1. The SMILES string of the molecule is O=c1c(Br)c(C2CCCC2)[nH]n1-c1ccc(F)cc1F. The molecule has 3 nitrogen and oxygen atoms in total. The standard InChI is InChI=1S/C14H13BrF2N2O/c15-12-13(8-3-1-2-4-8)18-19(14(12)20)11-6-5-9(16)7-10(11)17/h5-8,18H,1-4H2. The molecular weight excluding hydrogens is 330 g/mol. The van der Waals surface area contributed by atoms with E-state index in [2.05, 4.69) is 21.0 Å². The second-order valence-electron chi connectivity index (χ2n) is 5.06. The molecular formula is C14H13BrF2N2O. The van der Waals surface area contributed by atoms with Crippen molar-refractivity contribution in [1.29, 1.82) is 0 Å². The predicted octanol–water partition coefficient (Wildman–Crippen LogP) is 3.86. The molecule has 106 valence electrons. The molecule has 1 aliphatic rings. The molecule has 0 unspecified atom stereocenters. The predicted molar refractivity (Wildman–Crippen MR) is 75.2 cm³/mol. The number of aromatic nitrogens is 2. The van der Waals surface area contributed by atoms with Crippen molar-refractivity contribution in [3.63, 3.8) is 0 Å². The van der Waals surface area contributed by atoms with Crippen LogP contribution in [0, 0.1) is 11.6 Å². The van der Waals surface area contributed by atoms with Gasteiger partial charge in [-0.2, -0.15) is 0 Å². The summed E-state index contributed by atoms with van der Waals surface area (Å²) < 4.78 is 28.3. The Morgan fingerprint density at radius 3 is 2.60 bits per heavy atom. The van der Waals surface area contributed by atoms with Crippen LogP contribution in [-0.2, 0) is 0 Å². The van der Waals surface area contributed by atoms with E-state index in [1.165, 1.54) is 6.07 Å². The van der Waals surface area contributed by atoms with E-state index in [0.717, 1.165) is 48.2 Å². The second-order valence-corrected chi connectivity index (χ2v) is 5.85. The number of halogens is 3. The summed E-state index contributed by atoms with van der Waals surface area (Å²) >= 11 is 3.29. The van der Waals surface area contributed by atoms with E-state index in [9.17, 15) is 13.6 Å². The zero-order valence-electron chi connectivity index (χ0n) is 10.6. The van der Waals surface area contributed by atoms with Gasteiger partial charge in [-0.1, -0.05) is 12.8 Å². The minimum atomic E-state index is -0.765. The highest BCUT2D eigenvalue weighted by molar-refractivity contribution is 9.10. The van der Waals surface area contributed by atoms with E-state index in [-0.39, 0.29) is 11.2 Å². The summed E-state index contributed by atoms with van der Waals surface area (Å²) in [6.07, 6.45) is 4.30. The number of aromatic amines is 1. The molecule has 1 saturated carbocycles. The van der Waals surface area contributed by atoms with Gasteiger partial charge in [-0.3, -0.25) is 9.89 Å². The maximum Gasteiger partial charge on any atom is 0.285 e. The van der Waals surface area contributed by atoms with Gasteiger partial charge in [-0.15, -0.1) is 0 Å². The van der Waals surface area contributed by atoms with Crippen molar-refractivity contribution < 1.29 is 8.78 Å². The molecule has 1 heterocycles. The van der Waals surface area contributed by atoms with Crippen molar-refractivity contribution in [2.75, 3.05) is 0 Å². The zero-order chi connectivity index (χ0) is 14.3. The molecule has 3 rings (SSSR count). The monoisotopic (exact) mass is 342 g/mol. The highest BCUT2D eigenvalue weighted by atomic mass is 79.9. The first-order valence-electron chi connectivity index (χ1n) is 6.54. The van der Waals surface area contributed by atoms with Crippen molar-refractivity contribution in [2.45, 2.75) is 31.6 Å². The largest absolute Gasteiger partial charge is 0.293 e. The lowest BCUT2D eigenvalue weighted by Crippen LogP contribution is -2.16. The van der Waals surface area contributed by atoms with Crippen LogP contribution in [0.3, 0.4) is 0 Å². The van der Waals surface area contributed by atoms with Gasteiger partial charge < -0.3 is 0 Å². The lowest BCUT2D eigenvalue weighted by Gasteiger charge is -2.07. The quantitative estimate of drug-likeness (QED) is 0.883. The Balaban J connectivity index is 2.10. The minimum Gasteiger partial charge on any atom is -0.293 e. The Bertz CT molecular complexity index is 702. The normalized spacial score (nSPS) is 15.9. The summed E-state index contributed by atoms with van der Waals surface area (Å²) in [6, 6.07) is 3.16. The molecule has 1 N–H and O–H groups in total. The van der Waals surface area contributed by atoms with Gasteiger partial charge in [0.25, 0.3) is 5.56 Å². The lowest BCUT2D eigenvalue weighted by atomic mass is 10.1. The summed E-state index contributed by atoms with van der Waals surface area (Å²) in [5.41, 5.74) is 0.481. The van der Waals surface area contributed by atoms with Crippen molar-refractivity contribution in [3.8, 4) is 5.69 Å². The maximum atomic E-state index is 13.8. The van der Waals surface area contributed by atoms with Gasteiger partial charge in [0, 0.05) is 12.0 Å². The van der Waals surface area contributed by atoms with Gasteiger partial charge in [0.15, 0.2) is 5.82 Å². The van der Waals surface area contributed by atoms with Crippen LogP contribution in [0.1, 0.15) is 37.3 Å². The Kier molecular flexibility index (Phi) is 3.50. The van der Waals surface area contributed by atoms with E-state index in [4.69, 9.17) is 0 Å². The molecule has 0 bridgehead atoms. The first-order chi connectivity index (χ1) is 9.58. The van der Waals surface area contributed by atoms with Crippen molar-refractivity contribution >= 4 is 15.9 Å². The smallest absolute Gasteiger partial charge is 0.285 e. The number of nitrogens with zero attached hydrogens (tertiary/aromatic N) is 1. The topological polar surface area (TPSA) is 37.8 Å². The van der Waals surface area contributed by atoms with Gasteiger partial charge in [-0.05, 0) is 40.9 Å². The van der Waals surface area contributed by atoms with Crippen molar-refractivity contribution in [1.82, 2.24) is 9.78 Å². The van der Waals surface area contributed by atoms with Crippen LogP contribution < -0.4 is 5.56 Å². The van der Waals surface area contributed by atoms with Gasteiger partial charge in [0.1, 0.15) is 16.0 Å². The summed E-state index contributed by atoms with van der Waals surface area (Å²) in [6.45, 7) is 0. The first kappa shape index (κ1) is 13.5. The Morgan fingerprint density at radius 2 is 1.95 bits per heavy atom. The average molecular weight is 343 g/mol. The fraction of sp³-hybridized carbons (Fsp3) is 0.357. The fourth-order valence-corrected chi connectivity index (χ4v) is 3.34. The molecule has 1 fully saturated rings. The Labute approximate surface area is 122 Å². The van der Waals surface area contributed by atoms with E-state index >= 15 is 0 Å². The van der Waals surface area contributed by atoms with Crippen LogP contribution in [0.2, 0.25) is 0 Å². The first-order valence-corrected chi connectivity index (χ1v) is 7.33. The van der Waals surface area contributed by atoms with Gasteiger partial charge in [0.05, 0.1) is 5.69 Å². The average Bonchev–Trinajstić information content (AvgIpc) is 3.01. The van der Waals surface area contributed by atoms with Crippen molar-refractivity contribution in [3.05, 3.63) is 50.4 Å². The molecule has 0 spiro atoms. The Morgan fingerprint density at radius 1 is 1.25 bits per heavy atom. The number of hydrogen-bond donors (Lipinski definition) is 1. The van der Waals surface area contributed by atoms with E-state index < -0.39 is 11.6 Å². The van der Waals surface area contributed by atoms with Crippen LogP contribution in [0.4, 0.5) is 8.78 Å². The van der Waals surface area contributed by atoms with Crippen LogP contribution in [0.5, 0.6) is 0 Å². The second kappa shape index (κ2) is 5.16. The minimum absolute atomic E-state index is 0.0290. The van der Waals surface area contributed by atoms with Gasteiger partial charge >= 0.3 is 0 Å². The maximum absolute atomic E-state index is 13.8. The molecule has 0 radical (unpaired) electrons. The highest BCUT2D eigenvalue weighted by Gasteiger charge is 2.24. The molecule has 0 atom stereocenters. The number of benzene rings is 1. The van der Waals surface area contributed by atoms with Crippen molar-refractivity contribution in [2.24, 2.45) is 0 Å². The zero-order valence-corrected chi connectivity index (χ0v) is 12.2. The summed E-state index contributed by atoms with van der Waals surface area (Å²) in [5.74, 6) is -1.14. The van der Waals surface area contributed by atoms with E-state index in [0.29, 0.717) is 10.4 Å². The Hall–Kier alpha value is -1.43. The summed E-state index contributed by atoms with van der Waals surface area (Å²) in [7, 11) is 0. The molecule has 2 aromatic rings. The molecule has 20 heavy (non-hydrogen) atoms. The summed E-state index contributed by atoms with van der Waals surface area (Å²) in [4.78, 5) is 12.2. The molecule has 0 saturated heterocycles. The lowest BCUT2D eigenvalue weighted by molar-refractivity contribution is 0.570. The van der Waals surface area contributed by atoms with Crippen LogP contribution in [0.15, 0.2) is 27.5 Å². The molecule has 0 aliphatic heterocycles. The van der Waals surface area contributed by atoms with Crippen LogP contribution >= 0.6 is 15.9 Å². The summed E-state index contributed by atoms with van der Waals surface area (Å²) in [5, 5.41) is 2.96. The third-order valence-electron chi connectivity index (χ3n) is 3.77. The molecule has 0 amide bonds. The van der Waals surface area contributed by atoms with Gasteiger partial charge in [0.2, 0.25) is 0 Å². The molecule has 1 aliphatic carbocycles. The third-order valence-corrected chi connectivity index (χ3v) is 4.54. The molecule has 6 heteroatoms. The number of nitrogens with one attached hydrogen (secondary N) is 1. The van der Waals surface area contributed by atoms with Crippen LogP contribution in [0.25, 0.3) is 5.69 Å². The van der Waals surface area contributed by atoms with Gasteiger partial charge in [-0.25, -0.2) is 13.5 Å². The number of H-pyrrole nitrogens is 1. The fourth-order valence-electron chi connectivity index (χ4n) is 2.75.